The van der Waals surface area contributed by atoms with Gasteiger partial charge in [-0.3, -0.25) is 9.00 Å². The first kappa shape index (κ1) is 17.1. The Morgan fingerprint density at radius 2 is 2.05 bits per heavy atom. The third-order valence-corrected chi connectivity index (χ3v) is 3.85. The van der Waals surface area contributed by atoms with Crippen LogP contribution in [0.5, 0.6) is 0 Å². The number of aromatic nitrogens is 1. The standard InChI is InChI=1S/C14H21ClN2O2S/c1-9(8-20(5)19)16-13(18)10-6-11(14(2,3)4)17-12(15)7-10/h6-7,9H,8H2,1-5H3,(H,16,18). The molecule has 4 nitrogen and oxygen atoms in total. The van der Waals surface area contributed by atoms with Gasteiger partial charge in [-0.1, -0.05) is 32.4 Å². The van der Waals surface area contributed by atoms with E-state index in [-0.39, 0.29) is 17.4 Å². The van der Waals surface area contributed by atoms with Crippen molar-refractivity contribution in [3.8, 4) is 0 Å². The van der Waals surface area contributed by atoms with Crippen LogP contribution in [0, 0.1) is 0 Å². The van der Waals surface area contributed by atoms with Crippen molar-refractivity contribution in [2.24, 2.45) is 0 Å². The molecule has 0 aliphatic heterocycles. The van der Waals surface area contributed by atoms with E-state index in [0.29, 0.717) is 16.5 Å². The molecular weight excluding hydrogens is 296 g/mol. The molecule has 1 amide bonds. The molecule has 2 atom stereocenters. The van der Waals surface area contributed by atoms with Crippen LogP contribution >= 0.6 is 11.6 Å². The fourth-order valence-corrected chi connectivity index (χ4v) is 2.71. The van der Waals surface area contributed by atoms with Crippen LogP contribution in [0.25, 0.3) is 0 Å². The molecule has 1 N–H and O–H groups in total. The van der Waals surface area contributed by atoms with Gasteiger partial charge in [0.1, 0.15) is 5.15 Å². The Hall–Kier alpha value is -0.940. The molecule has 0 spiro atoms. The normalized spacial score (nSPS) is 14.7. The first-order valence-electron chi connectivity index (χ1n) is 6.38. The van der Waals surface area contributed by atoms with E-state index in [2.05, 4.69) is 10.3 Å². The molecule has 20 heavy (non-hydrogen) atoms. The zero-order valence-electron chi connectivity index (χ0n) is 12.5. The zero-order chi connectivity index (χ0) is 15.5. The van der Waals surface area contributed by atoms with Crippen molar-refractivity contribution in [2.75, 3.05) is 12.0 Å². The van der Waals surface area contributed by atoms with Crippen LogP contribution in [-0.2, 0) is 16.2 Å². The summed E-state index contributed by atoms with van der Waals surface area (Å²) in [5.41, 5.74) is 1.06. The van der Waals surface area contributed by atoms with Crippen LogP contribution < -0.4 is 5.32 Å². The Morgan fingerprint density at radius 1 is 1.45 bits per heavy atom. The minimum atomic E-state index is -0.944. The summed E-state index contributed by atoms with van der Waals surface area (Å²) in [6.07, 6.45) is 1.61. The van der Waals surface area contributed by atoms with E-state index in [1.165, 1.54) is 0 Å². The van der Waals surface area contributed by atoms with Crippen LogP contribution in [0.1, 0.15) is 43.7 Å². The van der Waals surface area contributed by atoms with Gasteiger partial charge >= 0.3 is 0 Å². The number of pyridine rings is 1. The average molecular weight is 317 g/mol. The monoisotopic (exact) mass is 316 g/mol. The fraction of sp³-hybridized carbons (Fsp3) is 0.571. The molecule has 0 saturated heterocycles. The van der Waals surface area contributed by atoms with Crippen molar-refractivity contribution in [3.63, 3.8) is 0 Å². The van der Waals surface area contributed by atoms with Gasteiger partial charge in [-0.25, -0.2) is 4.98 Å². The lowest BCUT2D eigenvalue weighted by Gasteiger charge is -2.19. The van der Waals surface area contributed by atoms with E-state index in [4.69, 9.17) is 11.6 Å². The lowest BCUT2D eigenvalue weighted by atomic mass is 9.91. The first-order chi connectivity index (χ1) is 9.09. The Kier molecular flexibility index (Phi) is 5.71. The number of nitrogens with zero attached hydrogens (tertiary/aromatic N) is 1. The SMILES string of the molecule is CC(CS(C)=O)NC(=O)c1cc(Cl)nc(C(C)(C)C)c1. The molecule has 1 heterocycles. The summed E-state index contributed by atoms with van der Waals surface area (Å²) < 4.78 is 11.1. The second-order valence-corrected chi connectivity index (χ2v) is 7.80. The smallest absolute Gasteiger partial charge is 0.251 e. The molecule has 1 rings (SSSR count). The van der Waals surface area contributed by atoms with Crippen LogP contribution in [0.3, 0.4) is 0 Å². The quantitative estimate of drug-likeness (QED) is 0.868. The molecule has 0 aliphatic carbocycles. The minimum Gasteiger partial charge on any atom is -0.349 e. The lowest BCUT2D eigenvalue weighted by molar-refractivity contribution is 0.0943. The molecule has 0 bridgehead atoms. The molecule has 2 unspecified atom stereocenters. The molecule has 0 radical (unpaired) electrons. The van der Waals surface area contributed by atoms with E-state index in [1.807, 2.05) is 27.7 Å². The van der Waals surface area contributed by atoms with Crippen molar-refractivity contribution in [1.82, 2.24) is 10.3 Å². The zero-order valence-corrected chi connectivity index (χ0v) is 14.1. The van der Waals surface area contributed by atoms with Gasteiger partial charge in [0.25, 0.3) is 5.91 Å². The fourth-order valence-electron chi connectivity index (χ4n) is 1.71. The highest BCUT2D eigenvalue weighted by atomic mass is 35.5. The Bertz CT molecular complexity index is 526. The van der Waals surface area contributed by atoms with Crippen molar-refractivity contribution < 1.29 is 9.00 Å². The second kappa shape index (κ2) is 6.68. The highest BCUT2D eigenvalue weighted by molar-refractivity contribution is 7.84. The molecule has 0 aliphatic rings. The van der Waals surface area contributed by atoms with Gasteiger partial charge in [0.2, 0.25) is 0 Å². The number of hydrogen-bond acceptors (Lipinski definition) is 3. The van der Waals surface area contributed by atoms with Crippen molar-refractivity contribution in [2.45, 2.75) is 39.2 Å². The number of carbonyl (C=O) groups is 1. The molecular formula is C14H21ClN2O2S. The first-order valence-corrected chi connectivity index (χ1v) is 8.49. The number of rotatable bonds is 4. The van der Waals surface area contributed by atoms with Gasteiger partial charge in [-0.2, -0.15) is 0 Å². The maximum absolute atomic E-state index is 12.2. The number of amides is 1. The molecule has 1 aromatic heterocycles. The molecule has 112 valence electrons. The van der Waals surface area contributed by atoms with Gasteiger partial charge < -0.3 is 5.32 Å². The molecule has 6 heteroatoms. The number of nitrogens with one attached hydrogen (secondary N) is 1. The van der Waals surface area contributed by atoms with E-state index in [0.717, 1.165) is 5.69 Å². The average Bonchev–Trinajstić information content (AvgIpc) is 2.25. The van der Waals surface area contributed by atoms with Crippen molar-refractivity contribution >= 4 is 28.3 Å². The summed E-state index contributed by atoms with van der Waals surface area (Å²) in [5, 5.41) is 3.12. The van der Waals surface area contributed by atoms with Crippen LogP contribution in [0.2, 0.25) is 5.15 Å². The summed E-state index contributed by atoms with van der Waals surface area (Å²) in [7, 11) is -0.944. The third kappa shape index (κ3) is 5.21. The topological polar surface area (TPSA) is 59.1 Å². The Morgan fingerprint density at radius 3 is 2.55 bits per heavy atom. The molecule has 0 fully saturated rings. The Balaban J connectivity index is 2.93. The van der Waals surface area contributed by atoms with E-state index < -0.39 is 10.8 Å². The third-order valence-electron chi connectivity index (χ3n) is 2.69. The highest BCUT2D eigenvalue weighted by Crippen LogP contribution is 2.23. The summed E-state index contributed by atoms with van der Waals surface area (Å²) in [5.74, 6) is 0.203. The van der Waals surface area contributed by atoms with Crippen LogP contribution in [0.15, 0.2) is 12.1 Å². The molecule has 0 saturated carbocycles. The number of halogens is 1. The highest BCUT2D eigenvalue weighted by Gasteiger charge is 2.19. The van der Waals surface area contributed by atoms with Crippen LogP contribution in [0.4, 0.5) is 0 Å². The molecule has 0 aromatic carbocycles. The summed E-state index contributed by atoms with van der Waals surface area (Å²) in [6.45, 7) is 7.86. The van der Waals surface area contributed by atoms with Crippen LogP contribution in [-0.4, -0.2) is 33.2 Å². The van der Waals surface area contributed by atoms with Gasteiger partial charge in [-0.15, -0.1) is 0 Å². The minimum absolute atomic E-state index is 0.154. The molecule has 1 aromatic rings. The summed E-state index contributed by atoms with van der Waals surface area (Å²) >= 11 is 5.98. The number of carbonyl (C=O) groups excluding carboxylic acids is 1. The predicted octanol–water partition coefficient (Wildman–Crippen LogP) is 2.53. The largest absolute Gasteiger partial charge is 0.349 e. The van der Waals surface area contributed by atoms with E-state index in [9.17, 15) is 9.00 Å². The maximum atomic E-state index is 12.2. The van der Waals surface area contributed by atoms with Gasteiger partial charge in [0.05, 0.1) is 0 Å². The van der Waals surface area contributed by atoms with Gasteiger partial charge in [0, 0.05) is 45.5 Å². The van der Waals surface area contributed by atoms with Gasteiger partial charge in [0.15, 0.2) is 0 Å². The second-order valence-electron chi connectivity index (χ2n) is 5.93. The van der Waals surface area contributed by atoms with Gasteiger partial charge in [-0.05, 0) is 19.1 Å². The van der Waals surface area contributed by atoms with Crippen molar-refractivity contribution in [3.05, 3.63) is 28.5 Å². The predicted molar refractivity (Wildman–Crippen MR) is 83.8 cm³/mol. The lowest BCUT2D eigenvalue weighted by Crippen LogP contribution is -2.36. The number of hydrogen-bond donors (Lipinski definition) is 1. The Labute approximate surface area is 127 Å². The summed E-state index contributed by atoms with van der Waals surface area (Å²) in [4.78, 5) is 16.4. The maximum Gasteiger partial charge on any atom is 0.251 e. The summed E-state index contributed by atoms with van der Waals surface area (Å²) in [6, 6.07) is 3.14. The van der Waals surface area contributed by atoms with E-state index in [1.54, 1.807) is 18.4 Å². The van der Waals surface area contributed by atoms with E-state index >= 15 is 0 Å². The van der Waals surface area contributed by atoms with Crippen molar-refractivity contribution in [1.29, 1.82) is 0 Å².